The fourth-order valence-corrected chi connectivity index (χ4v) is 2.48. The van der Waals surface area contributed by atoms with E-state index in [0.717, 1.165) is 12.1 Å². The monoisotopic (exact) mass is 258 g/mol. The summed E-state index contributed by atoms with van der Waals surface area (Å²) < 4.78 is 37.3. The van der Waals surface area contributed by atoms with E-state index in [1.807, 2.05) is 0 Å². The van der Waals surface area contributed by atoms with Gasteiger partial charge in [-0.25, -0.2) is 0 Å². The molecule has 1 saturated carbocycles. The minimum absolute atomic E-state index is 0.456. The van der Waals surface area contributed by atoms with Crippen LogP contribution in [0, 0.1) is 11.8 Å². The van der Waals surface area contributed by atoms with Crippen LogP contribution in [0.1, 0.15) is 37.8 Å². The Morgan fingerprint density at radius 3 is 2.06 bits per heavy atom. The van der Waals surface area contributed by atoms with E-state index in [2.05, 4.69) is 13.8 Å². The predicted molar refractivity (Wildman–Crippen MR) is 62.9 cm³/mol. The number of hydrogen-bond acceptors (Lipinski definition) is 1. The first kappa shape index (κ1) is 13.4. The van der Waals surface area contributed by atoms with Gasteiger partial charge in [-0.3, -0.25) is 0 Å². The number of alkyl halides is 3. The Hall–Kier alpha value is -1.03. The van der Waals surface area contributed by atoms with Crippen LogP contribution in [-0.2, 0) is 11.8 Å². The second kappa shape index (κ2) is 4.26. The van der Waals surface area contributed by atoms with Gasteiger partial charge in [-0.15, -0.1) is 0 Å². The van der Waals surface area contributed by atoms with Crippen molar-refractivity contribution in [3.05, 3.63) is 35.4 Å². The summed E-state index contributed by atoms with van der Waals surface area (Å²) in [5.41, 5.74) is -1.01. The van der Waals surface area contributed by atoms with Gasteiger partial charge in [-0.1, -0.05) is 26.0 Å². The summed E-state index contributed by atoms with van der Waals surface area (Å²) in [5, 5.41) is 10.3. The first-order chi connectivity index (χ1) is 8.22. The van der Waals surface area contributed by atoms with Crippen LogP contribution in [0.15, 0.2) is 24.3 Å². The summed E-state index contributed by atoms with van der Waals surface area (Å²) in [4.78, 5) is 0. The third-order valence-corrected chi connectivity index (χ3v) is 3.89. The van der Waals surface area contributed by atoms with Crippen LogP contribution in [0.25, 0.3) is 0 Å². The zero-order valence-electron chi connectivity index (χ0n) is 10.5. The molecule has 0 aliphatic heterocycles. The smallest absolute Gasteiger partial charge is 0.385 e. The van der Waals surface area contributed by atoms with Gasteiger partial charge in [0.1, 0.15) is 0 Å². The molecular weight excluding hydrogens is 241 g/mol. The second-order valence-corrected chi connectivity index (χ2v) is 5.52. The Bertz CT molecular complexity index is 414. The van der Waals surface area contributed by atoms with Crippen LogP contribution in [0.5, 0.6) is 0 Å². The average Bonchev–Trinajstić information content (AvgIpc) is 2.23. The minimum Gasteiger partial charge on any atom is -0.385 e. The fraction of sp³-hybridized carbons (Fsp3) is 0.571. The molecule has 0 atom stereocenters. The summed E-state index contributed by atoms with van der Waals surface area (Å²) in [7, 11) is 0. The summed E-state index contributed by atoms with van der Waals surface area (Å²) >= 11 is 0. The van der Waals surface area contributed by atoms with Crippen molar-refractivity contribution in [1.29, 1.82) is 0 Å². The molecule has 4 heteroatoms. The first-order valence-corrected chi connectivity index (χ1v) is 6.12. The van der Waals surface area contributed by atoms with E-state index in [4.69, 9.17) is 0 Å². The topological polar surface area (TPSA) is 20.2 Å². The molecule has 1 aliphatic rings. The number of halogens is 3. The largest absolute Gasteiger partial charge is 0.416 e. The van der Waals surface area contributed by atoms with Crippen LogP contribution in [-0.4, -0.2) is 5.11 Å². The van der Waals surface area contributed by atoms with Gasteiger partial charge in [-0.2, -0.15) is 13.2 Å². The molecule has 0 amide bonds. The highest BCUT2D eigenvalue weighted by atomic mass is 19.4. The van der Waals surface area contributed by atoms with Crippen LogP contribution >= 0.6 is 0 Å². The third-order valence-electron chi connectivity index (χ3n) is 3.89. The molecule has 0 spiro atoms. The summed E-state index contributed by atoms with van der Waals surface area (Å²) in [5.74, 6) is 0.956. The second-order valence-electron chi connectivity index (χ2n) is 5.52. The molecule has 1 aromatic rings. The Morgan fingerprint density at radius 1 is 1.17 bits per heavy atom. The lowest BCUT2D eigenvalue weighted by Crippen LogP contribution is -2.43. The van der Waals surface area contributed by atoms with Crippen molar-refractivity contribution in [3.8, 4) is 0 Å². The zero-order chi connectivity index (χ0) is 13.6. The molecule has 0 aromatic heterocycles. The Labute approximate surface area is 105 Å². The van der Waals surface area contributed by atoms with Crippen LogP contribution in [0.4, 0.5) is 13.2 Å². The quantitative estimate of drug-likeness (QED) is 0.851. The van der Waals surface area contributed by atoms with E-state index in [-0.39, 0.29) is 0 Å². The number of aliphatic hydroxyl groups is 1. The molecule has 0 saturated heterocycles. The van der Waals surface area contributed by atoms with Crippen molar-refractivity contribution >= 4 is 0 Å². The van der Waals surface area contributed by atoms with E-state index in [1.165, 1.54) is 12.1 Å². The molecule has 1 aliphatic carbocycles. The molecule has 100 valence electrons. The third kappa shape index (κ3) is 2.39. The lowest BCUT2D eigenvalue weighted by atomic mass is 9.63. The number of benzene rings is 1. The van der Waals surface area contributed by atoms with Gasteiger partial charge in [0, 0.05) is 0 Å². The molecule has 0 bridgehead atoms. The highest BCUT2D eigenvalue weighted by molar-refractivity contribution is 5.30. The van der Waals surface area contributed by atoms with Crippen LogP contribution in [0.3, 0.4) is 0 Å². The summed E-state index contributed by atoms with van der Waals surface area (Å²) in [6.07, 6.45) is -3.05. The fourth-order valence-electron chi connectivity index (χ4n) is 2.48. The maximum absolute atomic E-state index is 12.4. The van der Waals surface area contributed by atoms with Crippen molar-refractivity contribution in [1.82, 2.24) is 0 Å². The molecule has 0 heterocycles. The maximum Gasteiger partial charge on any atom is 0.416 e. The molecule has 1 N–H and O–H groups in total. The SMILES string of the molecule is CC(C)C1CC(O)(c2ccc(C(F)(F)F)cc2)C1. The van der Waals surface area contributed by atoms with Gasteiger partial charge in [0.05, 0.1) is 11.2 Å². The van der Waals surface area contributed by atoms with E-state index in [0.29, 0.717) is 30.2 Å². The van der Waals surface area contributed by atoms with Gasteiger partial charge in [0.15, 0.2) is 0 Å². The Morgan fingerprint density at radius 2 is 1.67 bits per heavy atom. The van der Waals surface area contributed by atoms with Crippen molar-refractivity contribution in [3.63, 3.8) is 0 Å². The van der Waals surface area contributed by atoms with E-state index in [9.17, 15) is 18.3 Å². The first-order valence-electron chi connectivity index (χ1n) is 6.12. The van der Waals surface area contributed by atoms with Gasteiger partial charge < -0.3 is 5.11 Å². The lowest BCUT2D eigenvalue weighted by Gasteiger charge is -2.46. The molecule has 1 nitrogen and oxygen atoms in total. The maximum atomic E-state index is 12.4. The molecule has 18 heavy (non-hydrogen) atoms. The molecule has 1 fully saturated rings. The Kier molecular flexibility index (Phi) is 3.18. The predicted octanol–water partition coefficient (Wildman–Crippen LogP) is 3.96. The number of hydrogen-bond donors (Lipinski definition) is 1. The van der Waals surface area contributed by atoms with E-state index < -0.39 is 17.3 Å². The number of rotatable bonds is 2. The van der Waals surface area contributed by atoms with E-state index >= 15 is 0 Å². The molecular formula is C14H17F3O. The van der Waals surface area contributed by atoms with Gasteiger partial charge in [0.25, 0.3) is 0 Å². The van der Waals surface area contributed by atoms with Crippen molar-refractivity contribution in [2.75, 3.05) is 0 Å². The van der Waals surface area contributed by atoms with Crippen LogP contribution in [0.2, 0.25) is 0 Å². The normalized spacial score (nSPS) is 28.3. The van der Waals surface area contributed by atoms with Crippen molar-refractivity contribution in [2.24, 2.45) is 11.8 Å². The Balaban J connectivity index is 2.12. The average molecular weight is 258 g/mol. The van der Waals surface area contributed by atoms with E-state index in [1.54, 1.807) is 0 Å². The van der Waals surface area contributed by atoms with Gasteiger partial charge in [0.2, 0.25) is 0 Å². The van der Waals surface area contributed by atoms with Crippen molar-refractivity contribution in [2.45, 2.75) is 38.5 Å². The molecule has 0 radical (unpaired) electrons. The lowest BCUT2D eigenvalue weighted by molar-refractivity contribution is -0.137. The zero-order valence-corrected chi connectivity index (χ0v) is 10.5. The van der Waals surface area contributed by atoms with Crippen LogP contribution < -0.4 is 0 Å². The van der Waals surface area contributed by atoms with Gasteiger partial charge in [-0.05, 0) is 42.4 Å². The highest BCUT2D eigenvalue weighted by Crippen LogP contribution is 2.48. The highest BCUT2D eigenvalue weighted by Gasteiger charge is 2.45. The molecule has 1 aromatic carbocycles. The van der Waals surface area contributed by atoms with Crippen molar-refractivity contribution < 1.29 is 18.3 Å². The van der Waals surface area contributed by atoms with Gasteiger partial charge >= 0.3 is 6.18 Å². The standard InChI is InChI=1S/C14H17F3O/c1-9(2)10-7-13(18,8-10)11-3-5-12(6-4-11)14(15,16)17/h3-6,9-10,18H,7-8H2,1-2H3. The minimum atomic E-state index is -4.32. The molecule has 0 unspecified atom stereocenters. The summed E-state index contributed by atoms with van der Waals surface area (Å²) in [6.45, 7) is 4.19. The summed E-state index contributed by atoms with van der Waals surface area (Å²) in [6, 6.07) is 4.85. The molecule has 2 rings (SSSR count).